The maximum atomic E-state index is 5.80. The second-order valence-electron chi connectivity index (χ2n) is 4.63. The summed E-state index contributed by atoms with van der Waals surface area (Å²) < 4.78 is 0. The number of pyridine rings is 1. The zero-order chi connectivity index (χ0) is 11.0. The summed E-state index contributed by atoms with van der Waals surface area (Å²) in [5.41, 5.74) is 2.64. The summed E-state index contributed by atoms with van der Waals surface area (Å²) in [5.74, 6) is 0.851. The lowest BCUT2D eigenvalue weighted by Crippen LogP contribution is -2.27. The zero-order valence-corrected chi connectivity index (χ0v) is 9.87. The topological polar surface area (TPSA) is 24.9 Å². The molecule has 84 valence electrons. The molecule has 2 heterocycles. The number of nitrogens with zero attached hydrogens (tertiary/aromatic N) is 1. The summed E-state index contributed by atoms with van der Waals surface area (Å²) >= 11 is 5.80. The van der Waals surface area contributed by atoms with Crippen LogP contribution in [0.3, 0.4) is 0 Å². The van der Waals surface area contributed by atoms with Gasteiger partial charge in [-0.2, -0.15) is 0 Å². The Morgan fingerprint density at radius 2 is 2.25 bits per heavy atom. The number of nitrogens with one attached hydrogen (secondary N) is 1. The highest BCUT2D eigenvalue weighted by Gasteiger charge is 2.28. The van der Waals surface area contributed by atoms with E-state index in [1.165, 1.54) is 30.4 Å². The van der Waals surface area contributed by atoms with Gasteiger partial charge in [0.15, 0.2) is 0 Å². The molecule has 0 radical (unpaired) electrons. The van der Waals surface area contributed by atoms with Crippen LogP contribution in [0.15, 0.2) is 24.4 Å². The first-order valence-corrected chi connectivity index (χ1v) is 6.27. The van der Waals surface area contributed by atoms with E-state index in [2.05, 4.69) is 22.4 Å². The second kappa shape index (κ2) is 4.19. The highest BCUT2D eigenvalue weighted by Crippen LogP contribution is 2.34. The summed E-state index contributed by atoms with van der Waals surface area (Å²) in [5, 5.41) is 4.11. The van der Waals surface area contributed by atoms with Gasteiger partial charge in [0, 0.05) is 12.2 Å². The van der Waals surface area contributed by atoms with Gasteiger partial charge in [0.2, 0.25) is 0 Å². The van der Waals surface area contributed by atoms with E-state index in [9.17, 15) is 0 Å². The van der Waals surface area contributed by atoms with Crippen LogP contribution >= 0.6 is 11.6 Å². The van der Waals surface area contributed by atoms with Crippen LogP contribution in [0.25, 0.3) is 5.57 Å². The van der Waals surface area contributed by atoms with E-state index in [1.807, 2.05) is 12.3 Å². The lowest BCUT2D eigenvalue weighted by molar-refractivity contribution is 0.465. The highest BCUT2D eigenvalue weighted by molar-refractivity contribution is 6.29. The van der Waals surface area contributed by atoms with E-state index >= 15 is 0 Å². The standard InChI is InChI=1S/C13H15ClN2/c14-13-4-3-11(8-16-13)10-2-1-9-5-6-15-12(9)7-10/h3-4,7-9,12,15H,1-2,5-6H2/t9-,12-/m1/s1. The van der Waals surface area contributed by atoms with Gasteiger partial charge in [0.05, 0.1) is 0 Å². The first-order chi connectivity index (χ1) is 7.83. The molecule has 0 bridgehead atoms. The third-order valence-electron chi connectivity index (χ3n) is 3.67. The Morgan fingerprint density at radius 1 is 1.31 bits per heavy atom. The normalized spacial score (nSPS) is 28.7. The molecule has 0 spiro atoms. The summed E-state index contributed by atoms with van der Waals surface area (Å²) in [6, 6.07) is 4.52. The summed E-state index contributed by atoms with van der Waals surface area (Å²) in [4.78, 5) is 4.14. The van der Waals surface area contributed by atoms with Crippen LogP contribution in [-0.2, 0) is 0 Å². The third-order valence-corrected chi connectivity index (χ3v) is 3.89. The second-order valence-corrected chi connectivity index (χ2v) is 5.02. The first kappa shape index (κ1) is 10.3. The van der Waals surface area contributed by atoms with Crippen LogP contribution in [0.4, 0.5) is 0 Å². The van der Waals surface area contributed by atoms with E-state index in [4.69, 9.17) is 11.6 Å². The molecule has 1 aliphatic carbocycles. The van der Waals surface area contributed by atoms with Crippen molar-refractivity contribution in [2.45, 2.75) is 25.3 Å². The van der Waals surface area contributed by atoms with Crippen molar-refractivity contribution in [2.24, 2.45) is 5.92 Å². The molecular weight excluding hydrogens is 220 g/mol. The summed E-state index contributed by atoms with van der Waals surface area (Å²) in [6.45, 7) is 1.16. The van der Waals surface area contributed by atoms with Gasteiger partial charge in [-0.05, 0) is 48.9 Å². The van der Waals surface area contributed by atoms with Gasteiger partial charge in [-0.1, -0.05) is 23.7 Å². The highest BCUT2D eigenvalue weighted by atomic mass is 35.5. The van der Waals surface area contributed by atoms with Gasteiger partial charge in [0.25, 0.3) is 0 Å². The minimum absolute atomic E-state index is 0.567. The molecule has 1 aliphatic heterocycles. The number of fused-ring (bicyclic) bond motifs is 1. The number of aromatic nitrogens is 1. The zero-order valence-electron chi connectivity index (χ0n) is 9.12. The maximum absolute atomic E-state index is 5.80. The fourth-order valence-electron chi connectivity index (χ4n) is 2.75. The molecule has 3 rings (SSSR count). The molecule has 1 aromatic heterocycles. The Labute approximate surface area is 101 Å². The van der Waals surface area contributed by atoms with E-state index in [1.54, 1.807) is 0 Å². The Morgan fingerprint density at radius 3 is 3.06 bits per heavy atom. The summed E-state index contributed by atoms with van der Waals surface area (Å²) in [6.07, 6.45) is 8.06. The lowest BCUT2D eigenvalue weighted by atomic mass is 9.84. The average Bonchev–Trinajstić information content (AvgIpc) is 2.77. The van der Waals surface area contributed by atoms with E-state index < -0.39 is 0 Å². The average molecular weight is 235 g/mol. The van der Waals surface area contributed by atoms with Crippen LogP contribution < -0.4 is 5.32 Å². The Kier molecular flexibility index (Phi) is 2.70. The van der Waals surface area contributed by atoms with Crippen LogP contribution in [0, 0.1) is 5.92 Å². The van der Waals surface area contributed by atoms with Gasteiger partial charge < -0.3 is 5.32 Å². The number of rotatable bonds is 1. The van der Waals surface area contributed by atoms with Crippen molar-refractivity contribution in [2.75, 3.05) is 6.54 Å². The summed E-state index contributed by atoms with van der Waals surface area (Å²) in [7, 11) is 0. The van der Waals surface area contributed by atoms with E-state index in [0.29, 0.717) is 11.2 Å². The SMILES string of the molecule is Clc1ccc(C2=C[C@H]3NCC[C@H]3CC2)cn1. The van der Waals surface area contributed by atoms with Crippen LogP contribution in [0.1, 0.15) is 24.8 Å². The maximum Gasteiger partial charge on any atom is 0.129 e. The number of allylic oxidation sites excluding steroid dienone is 1. The van der Waals surface area contributed by atoms with Crippen molar-refractivity contribution in [1.29, 1.82) is 0 Å². The molecule has 2 atom stereocenters. The Bertz CT molecular complexity index is 410. The van der Waals surface area contributed by atoms with Crippen LogP contribution in [0.5, 0.6) is 0 Å². The predicted molar refractivity (Wildman–Crippen MR) is 66.4 cm³/mol. The Balaban J connectivity index is 1.87. The van der Waals surface area contributed by atoms with Gasteiger partial charge >= 0.3 is 0 Å². The Hall–Kier alpha value is -0.860. The van der Waals surface area contributed by atoms with Crippen molar-refractivity contribution >= 4 is 17.2 Å². The van der Waals surface area contributed by atoms with Crippen molar-refractivity contribution in [3.8, 4) is 0 Å². The number of hydrogen-bond donors (Lipinski definition) is 1. The molecule has 2 nitrogen and oxygen atoms in total. The van der Waals surface area contributed by atoms with Gasteiger partial charge in [-0.3, -0.25) is 0 Å². The van der Waals surface area contributed by atoms with Crippen LogP contribution in [0.2, 0.25) is 5.15 Å². The largest absolute Gasteiger partial charge is 0.310 e. The van der Waals surface area contributed by atoms with Crippen molar-refractivity contribution in [1.82, 2.24) is 10.3 Å². The molecule has 3 heteroatoms. The minimum Gasteiger partial charge on any atom is -0.310 e. The minimum atomic E-state index is 0.567. The fraction of sp³-hybridized carbons (Fsp3) is 0.462. The molecule has 1 aromatic rings. The molecule has 16 heavy (non-hydrogen) atoms. The van der Waals surface area contributed by atoms with E-state index in [-0.39, 0.29) is 0 Å². The quantitative estimate of drug-likeness (QED) is 0.756. The monoisotopic (exact) mass is 234 g/mol. The van der Waals surface area contributed by atoms with Gasteiger partial charge in [-0.15, -0.1) is 0 Å². The van der Waals surface area contributed by atoms with Crippen molar-refractivity contribution in [3.05, 3.63) is 35.1 Å². The van der Waals surface area contributed by atoms with E-state index in [0.717, 1.165) is 12.5 Å². The van der Waals surface area contributed by atoms with Crippen molar-refractivity contribution in [3.63, 3.8) is 0 Å². The van der Waals surface area contributed by atoms with Gasteiger partial charge in [0.1, 0.15) is 5.15 Å². The first-order valence-electron chi connectivity index (χ1n) is 5.89. The molecule has 0 aromatic carbocycles. The third kappa shape index (κ3) is 1.87. The molecule has 1 N–H and O–H groups in total. The predicted octanol–water partition coefficient (Wildman–Crippen LogP) is 2.89. The molecule has 0 saturated carbocycles. The smallest absolute Gasteiger partial charge is 0.129 e. The number of halogens is 1. The molecule has 0 amide bonds. The fourth-order valence-corrected chi connectivity index (χ4v) is 2.86. The van der Waals surface area contributed by atoms with Crippen LogP contribution in [-0.4, -0.2) is 17.6 Å². The lowest BCUT2D eigenvalue weighted by Gasteiger charge is -2.24. The number of hydrogen-bond acceptors (Lipinski definition) is 2. The van der Waals surface area contributed by atoms with Gasteiger partial charge in [-0.25, -0.2) is 4.98 Å². The molecule has 1 saturated heterocycles. The molecule has 1 fully saturated rings. The molecule has 0 unspecified atom stereocenters. The molecular formula is C13H15ClN2. The molecule has 2 aliphatic rings. The van der Waals surface area contributed by atoms with Crippen molar-refractivity contribution < 1.29 is 0 Å².